The number of esters is 1. The number of nitrogens with zero attached hydrogens (tertiary/aromatic N) is 13. The number of hydrogen-bond donors (Lipinski definition) is 6. The highest BCUT2D eigenvalue weighted by Gasteiger charge is 2.53. The predicted octanol–water partition coefficient (Wildman–Crippen LogP) is 8.95. The minimum Gasteiger partial charge on any atom is -0.460 e. The maximum absolute atomic E-state index is 14.8. The van der Waals surface area contributed by atoms with Crippen molar-refractivity contribution < 1.29 is 100 Å². The Hall–Kier alpha value is -11.5. The Kier molecular flexibility index (Phi) is 37.0. The van der Waals surface area contributed by atoms with Gasteiger partial charge in [0.05, 0.1) is 88.7 Å². The van der Waals surface area contributed by atoms with Crippen molar-refractivity contribution in [1.29, 1.82) is 0 Å². The molecular weight excluding hydrogens is 1760 g/mol. The van der Waals surface area contributed by atoms with Gasteiger partial charge in [-0.25, -0.2) is 44.2 Å². The van der Waals surface area contributed by atoms with Gasteiger partial charge in [0.2, 0.25) is 23.6 Å². The second-order valence-electron chi connectivity index (χ2n) is 36.8. The first-order valence-corrected chi connectivity index (χ1v) is 47.7. The van der Waals surface area contributed by atoms with Gasteiger partial charge in [-0.3, -0.25) is 28.8 Å². The Labute approximate surface area is 798 Å². The van der Waals surface area contributed by atoms with Crippen LogP contribution in [0.2, 0.25) is 0 Å². The summed E-state index contributed by atoms with van der Waals surface area (Å²) in [6.07, 6.45) is 18.0. The summed E-state index contributed by atoms with van der Waals surface area (Å²) in [6, 6.07) is 10.6. The number of anilines is 4. The van der Waals surface area contributed by atoms with E-state index >= 15 is 0 Å². The third-order valence-corrected chi connectivity index (χ3v) is 26.9. The maximum atomic E-state index is 14.8. The Morgan fingerprint density at radius 2 is 1.41 bits per heavy atom. The first-order chi connectivity index (χ1) is 66.1. The number of ether oxygens (including phenoxy) is 10. The van der Waals surface area contributed by atoms with Crippen molar-refractivity contribution in [3.63, 3.8) is 0 Å². The minimum atomic E-state index is -2.49. The number of piperazine rings is 1. The van der Waals surface area contributed by atoms with Crippen LogP contribution in [0.3, 0.4) is 0 Å². The van der Waals surface area contributed by atoms with Gasteiger partial charge in [-0.2, -0.15) is 10.1 Å². The first-order valence-electron chi connectivity index (χ1n) is 47.7. The monoisotopic (exact) mass is 1900 g/mol. The van der Waals surface area contributed by atoms with E-state index < -0.39 is 102 Å². The number of allylic oxidation sites excluding steroid dienone is 6. The quantitative estimate of drug-likeness (QED) is 0.0106. The molecule has 13 rings (SSSR count). The number of aliphatic hydroxyl groups is 2. The van der Waals surface area contributed by atoms with Gasteiger partial charge in [-0.1, -0.05) is 89.3 Å². The number of benzene rings is 2. The first kappa shape index (κ1) is 103. The molecule has 137 heavy (non-hydrogen) atoms. The number of fused-ring (bicyclic) bond motifs is 6. The summed E-state index contributed by atoms with van der Waals surface area (Å²) in [5.74, 6) is -7.65. The molecule has 1 saturated carbocycles. The van der Waals surface area contributed by atoms with E-state index in [1.54, 1.807) is 78.8 Å². The molecule has 38 heteroatoms. The lowest BCUT2D eigenvalue weighted by molar-refractivity contribution is -0.265. The number of piperidine rings is 1. The molecule has 1 aliphatic carbocycles. The van der Waals surface area contributed by atoms with E-state index in [-0.39, 0.29) is 113 Å². The summed E-state index contributed by atoms with van der Waals surface area (Å²) in [4.78, 5) is 151. The number of ketones is 3. The van der Waals surface area contributed by atoms with E-state index in [9.17, 15) is 48.6 Å². The molecule has 8 N–H and O–H groups in total. The molecule has 38 nitrogen and oxygen atoms in total. The maximum Gasteiger partial charge on any atom is 0.407 e. The summed E-state index contributed by atoms with van der Waals surface area (Å²) in [6.45, 7) is 19.1. The Morgan fingerprint density at radius 3 is 2.12 bits per heavy atom. The van der Waals surface area contributed by atoms with Gasteiger partial charge >= 0.3 is 12.1 Å². The number of amides is 4. The molecule has 2 bridgehead atoms. The summed E-state index contributed by atoms with van der Waals surface area (Å²) in [5, 5.41) is 35.0. The smallest absolute Gasteiger partial charge is 0.407 e. The predicted molar refractivity (Wildman–Crippen MR) is 507 cm³/mol. The molecule has 0 radical (unpaired) electrons. The average Bonchev–Trinajstić information content (AvgIpc) is 1.74. The highest BCUT2D eigenvalue weighted by atomic mass is 16.6. The van der Waals surface area contributed by atoms with Crippen LogP contribution in [0, 0.1) is 35.5 Å². The van der Waals surface area contributed by atoms with Crippen LogP contribution in [0.5, 0.6) is 0 Å². The second-order valence-corrected chi connectivity index (χ2v) is 36.8. The molecule has 7 aromatic rings. The molecule has 740 valence electrons. The van der Waals surface area contributed by atoms with Crippen molar-refractivity contribution in [3.8, 4) is 11.3 Å². The number of alkyl carbamates (subject to hydrolysis) is 1. The zero-order chi connectivity index (χ0) is 97.4. The average molecular weight is 1900 g/mol. The molecule has 5 aliphatic heterocycles. The molecule has 6 aliphatic rings. The normalized spacial score (nSPS) is 26.5. The van der Waals surface area contributed by atoms with Crippen LogP contribution in [0.15, 0.2) is 120 Å². The van der Waals surface area contributed by atoms with Gasteiger partial charge in [-0.05, 0) is 148 Å². The van der Waals surface area contributed by atoms with E-state index in [0.717, 1.165) is 33.4 Å². The molecule has 15 atom stereocenters. The summed E-state index contributed by atoms with van der Waals surface area (Å²) >= 11 is 0. The van der Waals surface area contributed by atoms with E-state index in [4.69, 9.17) is 68.4 Å². The number of methoxy groups -OCH3 is 3. The van der Waals surface area contributed by atoms with Crippen LogP contribution in [0.4, 0.5) is 28.5 Å². The van der Waals surface area contributed by atoms with Gasteiger partial charge in [0.25, 0.3) is 23.6 Å². The fraction of sp³-hybridized carbons (Fsp3) is 0.576. The molecule has 0 spiro atoms. The third kappa shape index (κ3) is 27.1. The second kappa shape index (κ2) is 49.2. The number of aliphatic hydroxyl groups excluding tert-OH is 1. The Morgan fingerprint density at radius 1 is 0.701 bits per heavy atom. The summed E-state index contributed by atoms with van der Waals surface area (Å²) in [7, 11) is 4.48. The number of Topliss-reactive ketones (excluding diaryl/α,β-unsaturated/α-hetero) is 3. The molecule has 5 aromatic heterocycles. The van der Waals surface area contributed by atoms with E-state index in [2.05, 4.69) is 67.5 Å². The standard InChI is InChI=1S/C99H133N17O21/c1-60-16-12-11-13-17-61(2)80(127-8)50-74-24-19-66(7)99(126,137-74)89(121)93(123)115-30-15-14-18-76(115)94(124)134-81(51-77(117)62(3)45-65(6)87(120)88(129-10)86(119)64(5)44-60)63(4)46-67-21-25-79(82(48-67)128-9)136-98(125)102-29-37-131-39-41-133-43-42-132-40-38-130-36-28-83(118)103-52-69-53-104-96(105-54-69)112-32-34-113(35-33-112)97-106-55-73(56-107-97)92(122)114-31-27-70-47-68(20-22-72(70)58-114)57-116-91-84(90(100)108-59-109-91)85(111-116)71-23-26-78-75(49-71)110-95(101)135-78/h11-13,16-17,20,22-23,26,45,47,49,53-56,59-60,62-64,66-67,74,76,79-82,87-88,120,126H,14-15,18-19,21,24-25,27-44,46,48,50-52,57-58H2,1-10H3,(H2,101,110)(H,102,125)(H,103,118)(H2,100,108,109)/b13-11+,16-12+,61-17+,65-45+/t60-,62-,63-,64-,66-,67+,74+,76+,79-,80+,81+,82-,87-,88+,99-/m1/s1. The van der Waals surface area contributed by atoms with E-state index in [1.165, 1.54) is 18.3 Å². The lowest BCUT2D eigenvalue weighted by atomic mass is 9.78. The number of nitrogen functional groups attached to an aromatic ring is 2. The number of rotatable bonds is 30. The number of carbonyl (C=O) groups is 8. The molecule has 4 fully saturated rings. The lowest BCUT2D eigenvalue weighted by Gasteiger charge is -2.42. The zero-order valence-corrected chi connectivity index (χ0v) is 80.1. The van der Waals surface area contributed by atoms with Crippen molar-refractivity contribution in [2.24, 2.45) is 35.5 Å². The van der Waals surface area contributed by atoms with Crippen LogP contribution in [-0.2, 0) is 102 Å². The van der Waals surface area contributed by atoms with Crippen molar-refractivity contribution in [3.05, 3.63) is 143 Å². The van der Waals surface area contributed by atoms with Crippen LogP contribution in [0.25, 0.3) is 33.4 Å². The van der Waals surface area contributed by atoms with Crippen molar-refractivity contribution in [2.45, 2.75) is 213 Å². The van der Waals surface area contributed by atoms with Crippen LogP contribution >= 0.6 is 0 Å². The number of carbonyl (C=O) groups excluding carboxylic acids is 8. The van der Waals surface area contributed by atoms with Crippen LogP contribution < -0.4 is 31.9 Å². The minimum absolute atomic E-state index is 0.0240. The SMILES string of the molecule is CO[C@H]1C[C@@H]2CC[C@@H](C)[C@@](O)(O2)C(=O)C(=O)N2CCCC[C@H]2C(=O)O[C@H]([C@H](C)C[C@@H]2CC[C@@H](OC(=O)NCCOCCOCCOCCOCCC(=O)NCc3cnc(N4CCN(c5ncc(C(=O)N6CCc7cc(Cn8nc(-c9ccc%10oc(N)nc%10c9)c9c(N)ncnc98)ccc7C6)cn5)CC4)nc3)[C@H](OC)C2)CC(=O)[C@H](C)/C=C(\C)[C@@H](O)[C@@H](OC)C(=O)[C@H](C)C[C@H](C)/C=C/C=C/C=C/1C. The molecule has 3 saturated heterocycles. The van der Waals surface area contributed by atoms with Crippen molar-refractivity contribution in [2.75, 3.05) is 141 Å². The third-order valence-electron chi connectivity index (χ3n) is 26.9. The fourth-order valence-corrected chi connectivity index (χ4v) is 18.8. The Balaban J connectivity index is 0.477. The van der Waals surface area contributed by atoms with Gasteiger partial charge in [-0.15, -0.1) is 0 Å². The number of cyclic esters (lactones) is 1. The fourth-order valence-electron chi connectivity index (χ4n) is 18.8. The van der Waals surface area contributed by atoms with Crippen molar-refractivity contribution in [1.82, 2.24) is 65.1 Å². The molecule has 2 aromatic carbocycles. The van der Waals surface area contributed by atoms with Crippen LogP contribution in [-0.4, -0.2) is 286 Å². The highest BCUT2D eigenvalue weighted by molar-refractivity contribution is 6.39. The number of hydrogen-bond acceptors (Lipinski definition) is 33. The number of oxazole rings is 1. The van der Waals surface area contributed by atoms with E-state index in [1.807, 2.05) is 78.9 Å². The van der Waals surface area contributed by atoms with Gasteiger partial charge in [0.15, 0.2) is 17.0 Å². The number of aromatic nitrogens is 9. The topological polar surface area (TPSA) is 480 Å². The molecule has 0 unspecified atom stereocenters. The van der Waals surface area contributed by atoms with Gasteiger partial charge < -0.3 is 104 Å². The van der Waals surface area contributed by atoms with Crippen molar-refractivity contribution >= 4 is 93.0 Å². The van der Waals surface area contributed by atoms with Crippen LogP contribution in [0.1, 0.15) is 165 Å². The zero-order valence-electron chi connectivity index (χ0n) is 80.1. The lowest BCUT2D eigenvalue weighted by Crippen LogP contribution is -2.61. The summed E-state index contributed by atoms with van der Waals surface area (Å²) in [5.41, 5.74) is 21.0. The Bertz CT molecular complexity index is 5410. The van der Waals surface area contributed by atoms with E-state index in [0.29, 0.717) is 193 Å². The molecule has 4 amide bonds. The largest absolute Gasteiger partial charge is 0.460 e. The number of nitrogens with two attached hydrogens (primary N) is 2. The highest BCUT2D eigenvalue weighted by Crippen LogP contribution is 2.40. The van der Waals surface area contributed by atoms with Gasteiger partial charge in [0.1, 0.15) is 59.6 Å². The molecule has 10 heterocycles. The van der Waals surface area contributed by atoms with Gasteiger partial charge in [0, 0.05) is 153 Å². The number of nitrogens with one attached hydrogen (secondary N) is 2. The summed E-state index contributed by atoms with van der Waals surface area (Å²) < 4.78 is 65.9. The molecular formula is C99H133N17O21.